The predicted molar refractivity (Wildman–Crippen MR) is 51.3 cm³/mol. The first-order chi connectivity index (χ1) is 6.36. The number of piperidine rings is 1. The van der Waals surface area contributed by atoms with E-state index in [9.17, 15) is 4.39 Å². The predicted octanol–water partition coefficient (Wildman–Crippen LogP) is 2.62. The summed E-state index contributed by atoms with van der Waals surface area (Å²) < 4.78 is 12.9. The number of anilines is 1. The zero-order chi connectivity index (χ0) is 9.10. The van der Waals surface area contributed by atoms with Crippen LogP contribution in [-0.4, -0.2) is 13.1 Å². The number of hydrogen-bond acceptors (Lipinski definition) is 1. The number of rotatable bonds is 1. The molecule has 0 unspecified atom stereocenters. The van der Waals surface area contributed by atoms with Gasteiger partial charge in [0.25, 0.3) is 0 Å². The Bertz CT molecular complexity index is 279. The van der Waals surface area contributed by atoms with Crippen molar-refractivity contribution in [3.63, 3.8) is 0 Å². The highest BCUT2D eigenvalue weighted by Crippen LogP contribution is 2.19. The smallest absolute Gasteiger partial charge is 0.125 e. The molecule has 1 heterocycles. The fraction of sp³-hybridized carbons (Fsp3) is 0.455. The summed E-state index contributed by atoms with van der Waals surface area (Å²) in [5.41, 5.74) is 0.972. The fourth-order valence-corrected chi connectivity index (χ4v) is 1.77. The molecule has 0 bridgehead atoms. The van der Waals surface area contributed by atoms with Crippen molar-refractivity contribution in [3.8, 4) is 0 Å². The Morgan fingerprint density at radius 3 is 2.62 bits per heavy atom. The largest absolute Gasteiger partial charge is 0.371 e. The van der Waals surface area contributed by atoms with Crippen LogP contribution >= 0.6 is 0 Å². The van der Waals surface area contributed by atoms with Gasteiger partial charge < -0.3 is 4.90 Å². The zero-order valence-electron chi connectivity index (χ0n) is 7.59. The molecule has 1 aromatic carbocycles. The van der Waals surface area contributed by atoms with Crippen LogP contribution in [0.4, 0.5) is 10.1 Å². The van der Waals surface area contributed by atoms with Gasteiger partial charge in [0.1, 0.15) is 5.82 Å². The third kappa shape index (κ3) is 2.00. The fourth-order valence-electron chi connectivity index (χ4n) is 1.77. The van der Waals surface area contributed by atoms with Crippen LogP contribution in [0.15, 0.2) is 18.2 Å². The van der Waals surface area contributed by atoms with Crippen molar-refractivity contribution >= 4 is 5.69 Å². The summed E-state index contributed by atoms with van der Waals surface area (Å²) in [4.78, 5) is 2.23. The number of nitrogens with zero attached hydrogens (tertiary/aromatic N) is 1. The molecular formula is C11H13FN. The van der Waals surface area contributed by atoms with Gasteiger partial charge in [0, 0.05) is 18.8 Å². The van der Waals surface area contributed by atoms with Crippen LogP contribution in [0, 0.1) is 11.9 Å². The molecule has 1 fully saturated rings. The molecular weight excluding hydrogens is 165 g/mol. The number of hydrogen-bond donors (Lipinski definition) is 0. The minimum absolute atomic E-state index is 0.192. The minimum atomic E-state index is -0.192. The maximum Gasteiger partial charge on any atom is 0.125 e. The van der Waals surface area contributed by atoms with Crippen LogP contribution in [0.3, 0.4) is 0 Å². The summed E-state index contributed by atoms with van der Waals surface area (Å²) in [7, 11) is 0. The van der Waals surface area contributed by atoms with E-state index in [0.717, 1.165) is 18.8 Å². The van der Waals surface area contributed by atoms with E-state index in [1.54, 1.807) is 6.07 Å². The average Bonchev–Trinajstić information content (AvgIpc) is 2.19. The van der Waals surface area contributed by atoms with Gasteiger partial charge in [0.05, 0.1) is 0 Å². The van der Waals surface area contributed by atoms with Crippen LogP contribution in [0.5, 0.6) is 0 Å². The molecule has 0 spiro atoms. The van der Waals surface area contributed by atoms with E-state index in [0.29, 0.717) is 0 Å². The van der Waals surface area contributed by atoms with Crippen LogP contribution in [0.1, 0.15) is 19.3 Å². The van der Waals surface area contributed by atoms with Gasteiger partial charge in [0.2, 0.25) is 0 Å². The lowest BCUT2D eigenvalue weighted by atomic mass is 10.1. The lowest BCUT2D eigenvalue weighted by Crippen LogP contribution is -2.29. The van der Waals surface area contributed by atoms with Crippen LogP contribution < -0.4 is 4.90 Å². The van der Waals surface area contributed by atoms with E-state index in [2.05, 4.69) is 11.0 Å². The molecule has 0 aromatic heterocycles. The summed E-state index contributed by atoms with van der Waals surface area (Å²) in [6.45, 7) is 2.11. The van der Waals surface area contributed by atoms with Gasteiger partial charge >= 0.3 is 0 Å². The van der Waals surface area contributed by atoms with Crippen LogP contribution in [-0.2, 0) is 0 Å². The van der Waals surface area contributed by atoms with Gasteiger partial charge in [-0.1, -0.05) is 0 Å². The van der Waals surface area contributed by atoms with Crippen molar-refractivity contribution in [2.45, 2.75) is 19.3 Å². The van der Waals surface area contributed by atoms with E-state index in [-0.39, 0.29) is 5.82 Å². The Morgan fingerprint density at radius 2 is 1.92 bits per heavy atom. The maximum atomic E-state index is 12.9. The summed E-state index contributed by atoms with van der Waals surface area (Å²) in [5, 5.41) is 0. The molecule has 2 heteroatoms. The van der Waals surface area contributed by atoms with Crippen molar-refractivity contribution in [2.24, 2.45) is 0 Å². The summed E-state index contributed by atoms with van der Waals surface area (Å²) in [6, 6.07) is 7.62. The number of benzene rings is 1. The van der Waals surface area contributed by atoms with Crippen LogP contribution in [0.2, 0.25) is 0 Å². The molecule has 1 nitrogen and oxygen atoms in total. The Kier molecular flexibility index (Phi) is 2.48. The second kappa shape index (κ2) is 3.77. The first kappa shape index (κ1) is 8.54. The average molecular weight is 178 g/mol. The van der Waals surface area contributed by atoms with Gasteiger partial charge in [-0.15, -0.1) is 0 Å². The molecule has 0 amide bonds. The molecule has 0 saturated carbocycles. The van der Waals surface area contributed by atoms with Gasteiger partial charge in [-0.05, 0) is 43.5 Å². The second-order valence-corrected chi connectivity index (χ2v) is 3.46. The van der Waals surface area contributed by atoms with Crippen molar-refractivity contribution in [1.29, 1.82) is 0 Å². The monoisotopic (exact) mass is 178 g/mol. The molecule has 0 aliphatic carbocycles. The molecule has 1 aromatic rings. The van der Waals surface area contributed by atoms with Gasteiger partial charge in [-0.3, -0.25) is 0 Å². The molecule has 0 N–H and O–H groups in total. The van der Waals surface area contributed by atoms with E-state index in [1.165, 1.54) is 25.3 Å². The molecule has 2 rings (SSSR count). The summed E-state index contributed by atoms with van der Waals surface area (Å²) >= 11 is 0. The Morgan fingerprint density at radius 1 is 1.15 bits per heavy atom. The minimum Gasteiger partial charge on any atom is -0.371 e. The SMILES string of the molecule is Fc1c[c]cc(N2CCCCC2)c1. The molecule has 1 aliphatic heterocycles. The van der Waals surface area contributed by atoms with E-state index in [1.807, 2.05) is 6.07 Å². The van der Waals surface area contributed by atoms with Crippen molar-refractivity contribution in [1.82, 2.24) is 0 Å². The topological polar surface area (TPSA) is 3.24 Å². The Labute approximate surface area is 78.2 Å². The number of halogens is 1. The van der Waals surface area contributed by atoms with Gasteiger partial charge in [-0.25, -0.2) is 4.39 Å². The molecule has 0 atom stereocenters. The highest BCUT2D eigenvalue weighted by Gasteiger charge is 2.10. The van der Waals surface area contributed by atoms with E-state index >= 15 is 0 Å². The van der Waals surface area contributed by atoms with Crippen molar-refractivity contribution in [3.05, 3.63) is 30.1 Å². The van der Waals surface area contributed by atoms with Crippen LogP contribution in [0.25, 0.3) is 0 Å². The maximum absolute atomic E-state index is 12.9. The van der Waals surface area contributed by atoms with E-state index < -0.39 is 0 Å². The highest BCUT2D eigenvalue weighted by atomic mass is 19.1. The normalized spacial score (nSPS) is 17.5. The quantitative estimate of drug-likeness (QED) is 0.639. The standard InChI is InChI=1S/C11H13FN/c12-10-5-4-6-11(9-10)13-7-2-1-3-8-13/h5-6,9H,1-3,7-8H2. The first-order valence-electron chi connectivity index (χ1n) is 4.78. The lowest BCUT2D eigenvalue weighted by molar-refractivity contribution is 0.574. The third-order valence-electron chi connectivity index (χ3n) is 2.46. The van der Waals surface area contributed by atoms with Gasteiger partial charge in [0.15, 0.2) is 0 Å². The third-order valence-corrected chi connectivity index (χ3v) is 2.46. The molecule has 1 saturated heterocycles. The first-order valence-corrected chi connectivity index (χ1v) is 4.78. The van der Waals surface area contributed by atoms with Gasteiger partial charge in [-0.2, -0.15) is 0 Å². The Balaban J connectivity index is 2.14. The highest BCUT2D eigenvalue weighted by molar-refractivity contribution is 5.46. The lowest BCUT2D eigenvalue weighted by Gasteiger charge is -2.28. The molecule has 69 valence electrons. The van der Waals surface area contributed by atoms with Crippen molar-refractivity contribution < 1.29 is 4.39 Å². The summed E-state index contributed by atoms with van der Waals surface area (Å²) in [5.74, 6) is -0.192. The molecule has 1 radical (unpaired) electrons. The summed E-state index contributed by atoms with van der Waals surface area (Å²) in [6.07, 6.45) is 3.74. The second-order valence-electron chi connectivity index (χ2n) is 3.46. The Hall–Kier alpha value is -1.05. The molecule has 13 heavy (non-hydrogen) atoms. The van der Waals surface area contributed by atoms with E-state index in [4.69, 9.17) is 0 Å². The van der Waals surface area contributed by atoms with Crippen molar-refractivity contribution in [2.75, 3.05) is 18.0 Å². The zero-order valence-corrected chi connectivity index (χ0v) is 7.59. The molecule has 1 aliphatic rings.